The summed E-state index contributed by atoms with van der Waals surface area (Å²) >= 11 is 0. The third kappa shape index (κ3) is 7.01. The molecule has 20 heavy (non-hydrogen) atoms. The van der Waals surface area contributed by atoms with Gasteiger partial charge in [0.25, 0.3) is 0 Å². The highest BCUT2D eigenvalue weighted by Crippen LogP contribution is 2.17. The molecule has 1 N–H and O–H groups in total. The zero-order chi connectivity index (χ0) is 15.9. The molecule has 0 bridgehead atoms. The molecule has 0 aliphatic rings. The molecule has 1 atom stereocenters. The van der Waals surface area contributed by atoms with E-state index < -0.39 is 29.6 Å². The van der Waals surface area contributed by atoms with Gasteiger partial charge in [0, 0.05) is 0 Å². The Hall–Kier alpha value is -1.72. The van der Waals surface area contributed by atoms with E-state index in [0.717, 1.165) is 6.42 Å². The van der Waals surface area contributed by atoms with Gasteiger partial charge in [0.15, 0.2) is 0 Å². The number of carbonyl (C=O) groups excluding carboxylic acids is 3. The van der Waals surface area contributed by atoms with E-state index >= 15 is 0 Å². The Bertz CT molecular complexity index is 383. The van der Waals surface area contributed by atoms with Gasteiger partial charge in [0.1, 0.15) is 6.10 Å². The van der Waals surface area contributed by atoms with Crippen LogP contribution in [0.4, 0.5) is 0 Å². The number of ether oxygens (including phenoxy) is 1. The van der Waals surface area contributed by atoms with Crippen molar-refractivity contribution in [1.82, 2.24) is 0 Å². The third-order valence-corrected chi connectivity index (χ3v) is 2.66. The number of carbonyl (C=O) groups is 4. The molecule has 0 radical (unpaired) electrons. The summed E-state index contributed by atoms with van der Waals surface area (Å²) < 4.78 is 4.97. The number of hydrogen-bond acceptors (Lipinski definition) is 5. The van der Waals surface area contributed by atoms with Gasteiger partial charge in [-0.1, -0.05) is 27.7 Å². The van der Waals surface area contributed by atoms with Crippen LogP contribution in [0.1, 0.15) is 47.0 Å². The van der Waals surface area contributed by atoms with Crippen LogP contribution in [-0.2, 0) is 23.9 Å². The minimum absolute atomic E-state index is 0.255. The Morgan fingerprint density at radius 1 is 0.900 bits per heavy atom. The fourth-order valence-electron chi connectivity index (χ4n) is 1.66. The van der Waals surface area contributed by atoms with Crippen molar-refractivity contribution in [3.05, 3.63) is 0 Å². The van der Waals surface area contributed by atoms with Crippen LogP contribution in [0.15, 0.2) is 0 Å². The SMILES string of the molecule is CC(C)CCC(CC(C)C)OC(=O)C(=O)C(=O)C(=O)O. The van der Waals surface area contributed by atoms with Crippen molar-refractivity contribution in [2.45, 2.75) is 53.1 Å². The number of ketones is 2. The first-order valence-electron chi connectivity index (χ1n) is 6.67. The monoisotopic (exact) mass is 286 g/mol. The molecule has 0 fully saturated rings. The van der Waals surface area contributed by atoms with Crippen LogP contribution in [0, 0.1) is 11.8 Å². The van der Waals surface area contributed by atoms with Crippen LogP contribution in [0.3, 0.4) is 0 Å². The van der Waals surface area contributed by atoms with Crippen molar-refractivity contribution in [2.75, 3.05) is 0 Å². The zero-order valence-corrected chi connectivity index (χ0v) is 12.3. The van der Waals surface area contributed by atoms with E-state index in [1.807, 2.05) is 27.7 Å². The van der Waals surface area contributed by atoms with Gasteiger partial charge in [-0.3, -0.25) is 9.59 Å². The van der Waals surface area contributed by atoms with Crippen LogP contribution in [0.5, 0.6) is 0 Å². The van der Waals surface area contributed by atoms with Crippen molar-refractivity contribution in [3.63, 3.8) is 0 Å². The Kier molecular flexibility index (Phi) is 7.72. The number of rotatable bonds is 9. The highest BCUT2D eigenvalue weighted by molar-refractivity contribution is 6.75. The minimum Gasteiger partial charge on any atom is -0.475 e. The van der Waals surface area contributed by atoms with Gasteiger partial charge < -0.3 is 9.84 Å². The highest BCUT2D eigenvalue weighted by atomic mass is 16.5. The molecule has 0 saturated heterocycles. The number of esters is 1. The number of Topliss-reactive ketones (excluding diaryl/α,β-unsaturated/α-hetero) is 2. The summed E-state index contributed by atoms with van der Waals surface area (Å²) in [7, 11) is 0. The van der Waals surface area contributed by atoms with Gasteiger partial charge in [-0.2, -0.15) is 0 Å². The lowest BCUT2D eigenvalue weighted by molar-refractivity contribution is -0.164. The maximum atomic E-state index is 11.5. The molecule has 0 aromatic carbocycles. The molecule has 0 heterocycles. The standard InChI is InChI=1S/C14H22O6/c1-8(2)5-6-10(7-9(3)4)20-14(19)12(16)11(15)13(17)18/h8-10H,5-7H2,1-4H3,(H,17,18). The fourth-order valence-corrected chi connectivity index (χ4v) is 1.66. The summed E-state index contributed by atoms with van der Waals surface area (Å²) in [5.41, 5.74) is 0. The van der Waals surface area contributed by atoms with Crippen LogP contribution in [0.2, 0.25) is 0 Å². The lowest BCUT2D eigenvalue weighted by Crippen LogP contribution is -2.34. The van der Waals surface area contributed by atoms with Crippen molar-refractivity contribution in [3.8, 4) is 0 Å². The maximum Gasteiger partial charge on any atom is 0.383 e. The molecule has 6 heteroatoms. The Balaban J connectivity index is 4.63. The number of carboxylic acid groups (broad SMARTS) is 1. The summed E-state index contributed by atoms with van der Waals surface area (Å²) in [5, 5.41) is 8.38. The van der Waals surface area contributed by atoms with E-state index in [1.165, 1.54) is 0 Å². The largest absolute Gasteiger partial charge is 0.475 e. The van der Waals surface area contributed by atoms with Gasteiger partial charge in [0.2, 0.25) is 0 Å². The predicted octanol–water partition coefficient (Wildman–Crippen LogP) is 1.60. The predicted molar refractivity (Wildman–Crippen MR) is 71.1 cm³/mol. The van der Waals surface area contributed by atoms with E-state index in [0.29, 0.717) is 18.8 Å². The first kappa shape index (κ1) is 18.3. The molecule has 0 rings (SSSR count). The lowest BCUT2D eigenvalue weighted by Gasteiger charge is -2.20. The second-order valence-electron chi connectivity index (χ2n) is 5.59. The van der Waals surface area contributed by atoms with E-state index in [1.54, 1.807) is 0 Å². The summed E-state index contributed by atoms with van der Waals surface area (Å²) in [4.78, 5) is 44.0. The van der Waals surface area contributed by atoms with Crippen LogP contribution < -0.4 is 0 Å². The highest BCUT2D eigenvalue weighted by Gasteiger charge is 2.32. The summed E-state index contributed by atoms with van der Waals surface area (Å²) in [5.74, 6) is -6.05. The van der Waals surface area contributed by atoms with Crippen molar-refractivity contribution in [2.24, 2.45) is 11.8 Å². The number of aliphatic carboxylic acids is 1. The topological polar surface area (TPSA) is 97.7 Å². The third-order valence-electron chi connectivity index (χ3n) is 2.66. The quantitative estimate of drug-likeness (QED) is 0.393. The molecule has 0 aromatic rings. The van der Waals surface area contributed by atoms with Crippen LogP contribution >= 0.6 is 0 Å². The number of carboxylic acids is 1. The Morgan fingerprint density at radius 3 is 1.85 bits per heavy atom. The van der Waals surface area contributed by atoms with Crippen molar-refractivity contribution >= 4 is 23.5 Å². The van der Waals surface area contributed by atoms with E-state index in [4.69, 9.17) is 9.84 Å². The Morgan fingerprint density at radius 2 is 1.45 bits per heavy atom. The molecule has 0 aliphatic carbocycles. The molecule has 1 unspecified atom stereocenters. The second-order valence-corrected chi connectivity index (χ2v) is 5.59. The van der Waals surface area contributed by atoms with E-state index in [2.05, 4.69) is 0 Å². The molecular weight excluding hydrogens is 264 g/mol. The molecule has 0 spiro atoms. The van der Waals surface area contributed by atoms with Crippen molar-refractivity contribution in [1.29, 1.82) is 0 Å². The van der Waals surface area contributed by atoms with Gasteiger partial charge in [-0.25, -0.2) is 9.59 Å². The normalized spacial score (nSPS) is 12.3. The first-order chi connectivity index (χ1) is 9.15. The smallest absolute Gasteiger partial charge is 0.383 e. The van der Waals surface area contributed by atoms with E-state index in [-0.39, 0.29) is 5.92 Å². The average Bonchev–Trinajstić information content (AvgIpc) is 2.33. The molecule has 114 valence electrons. The van der Waals surface area contributed by atoms with Gasteiger partial charge in [-0.15, -0.1) is 0 Å². The molecule has 0 aliphatic heterocycles. The summed E-state index contributed by atoms with van der Waals surface area (Å²) in [6.45, 7) is 7.93. The average molecular weight is 286 g/mol. The van der Waals surface area contributed by atoms with Gasteiger partial charge in [-0.05, 0) is 31.1 Å². The van der Waals surface area contributed by atoms with Gasteiger partial charge >= 0.3 is 23.5 Å². The molecule has 0 aromatic heterocycles. The fraction of sp³-hybridized carbons (Fsp3) is 0.714. The molecular formula is C14H22O6. The second kappa shape index (κ2) is 8.45. The Labute approximate surface area is 118 Å². The number of hydrogen-bond donors (Lipinski definition) is 1. The zero-order valence-electron chi connectivity index (χ0n) is 12.3. The summed E-state index contributed by atoms with van der Waals surface area (Å²) in [6.07, 6.45) is 1.48. The van der Waals surface area contributed by atoms with Crippen LogP contribution in [-0.4, -0.2) is 34.7 Å². The minimum atomic E-state index is -1.95. The van der Waals surface area contributed by atoms with Crippen LogP contribution in [0.25, 0.3) is 0 Å². The molecule has 6 nitrogen and oxygen atoms in total. The van der Waals surface area contributed by atoms with Crippen molar-refractivity contribution < 1.29 is 29.0 Å². The van der Waals surface area contributed by atoms with E-state index in [9.17, 15) is 19.2 Å². The van der Waals surface area contributed by atoms with Gasteiger partial charge in [0.05, 0.1) is 0 Å². The maximum absolute atomic E-state index is 11.5. The lowest BCUT2D eigenvalue weighted by atomic mass is 9.98. The summed E-state index contributed by atoms with van der Waals surface area (Å²) in [6, 6.07) is 0. The molecule has 0 saturated carbocycles. The molecule has 0 amide bonds. The first-order valence-corrected chi connectivity index (χ1v) is 6.67.